The van der Waals surface area contributed by atoms with E-state index in [2.05, 4.69) is 4.98 Å². The number of benzene rings is 1. The normalized spacial score (nSPS) is 10.3. The van der Waals surface area contributed by atoms with Crippen LogP contribution in [0.1, 0.15) is 11.1 Å². The van der Waals surface area contributed by atoms with Gasteiger partial charge in [-0.3, -0.25) is 4.98 Å². The molecule has 0 fully saturated rings. The second kappa shape index (κ2) is 4.93. The quantitative estimate of drug-likeness (QED) is 0.885. The largest absolute Gasteiger partial charge is 0.457 e. The number of hydrogen-bond donors (Lipinski definition) is 1. The van der Waals surface area contributed by atoms with Gasteiger partial charge in [0.05, 0.1) is 0 Å². The molecule has 2 rings (SSSR count). The predicted octanol–water partition coefficient (Wildman–Crippen LogP) is 2.78. The van der Waals surface area contributed by atoms with E-state index in [1.54, 1.807) is 37.5 Å². The summed E-state index contributed by atoms with van der Waals surface area (Å²) < 4.78 is 18.7. The molecule has 0 spiro atoms. The van der Waals surface area contributed by atoms with Gasteiger partial charge in [-0.1, -0.05) is 0 Å². The Kier molecular flexibility index (Phi) is 3.35. The van der Waals surface area contributed by atoms with Gasteiger partial charge in [-0.15, -0.1) is 0 Å². The second-order valence-corrected chi connectivity index (χ2v) is 3.70. The van der Waals surface area contributed by atoms with E-state index in [0.29, 0.717) is 23.6 Å². The highest BCUT2D eigenvalue weighted by Crippen LogP contribution is 2.25. The van der Waals surface area contributed by atoms with Crippen molar-refractivity contribution in [3.05, 3.63) is 53.6 Å². The van der Waals surface area contributed by atoms with Crippen molar-refractivity contribution in [3.63, 3.8) is 0 Å². The summed E-state index contributed by atoms with van der Waals surface area (Å²) in [6.45, 7) is 2.04. The summed E-state index contributed by atoms with van der Waals surface area (Å²) in [4.78, 5) is 3.97. The molecule has 0 aliphatic heterocycles. The minimum atomic E-state index is -0.244. The summed E-state index contributed by atoms with van der Waals surface area (Å²) in [5.41, 5.74) is 6.94. The Balaban J connectivity index is 2.28. The van der Waals surface area contributed by atoms with E-state index in [0.717, 1.165) is 5.56 Å². The summed E-state index contributed by atoms with van der Waals surface area (Å²) in [5, 5.41) is 0. The molecule has 0 saturated heterocycles. The van der Waals surface area contributed by atoms with Crippen LogP contribution < -0.4 is 10.5 Å². The second-order valence-electron chi connectivity index (χ2n) is 3.70. The number of ether oxygens (including phenoxy) is 1. The van der Waals surface area contributed by atoms with Gasteiger partial charge in [-0.25, -0.2) is 4.39 Å². The Labute approximate surface area is 99.1 Å². The lowest BCUT2D eigenvalue weighted by atomic mass is 10.2. The summed E-state index contributed by atoms with van der Waals surface area (Å²) in [6, 6.07) is 6.36. The molecule has 0 unspecified atom stereocenters. The number of aromatic nitrogens is 1. The molecule has 0 saturated carbocycles. The third-order valence-electron chi connectivity index (χ3n) is 2.44. The third kappa shape index (κ3) is 2.60. The predicted molar refractivity (Wildman–Crippen MR) is 63.3 cm³/mol. The van der Waals surface area contributed by atoms with Crippen molar-refractivity contribution in [1.82, 2.24) is 4.98 Å². The van der Waals surface area contributed by atoms with Gasteiger partial charge < -0.3 is 10.5 Å². The van der Waals surface area contributed by atoms with Gasteiger partial charge in [0.2, 0.25) is 0 Å². The molecule has 4 heteroatoms. The standard InChI is InChI=1S/C13H13FN2O/c1-9-6-11(2-3-12(9)14)17-13-4-5-16-8-10(13)7-15/h2-6,8H,7,15H2,1H3. The van der Waals surface area contributed by atoms with Gasteiger partial charge in [-0.2, -0.15) is 0 Å². The molecule has 2 aromatic rings. The zero-order chi connectivity index (χ0) is 12.3. The molecule has 1 heterocycles. The highest BCUT2D eigenvalue weighted by molar-refractivity contribution is 5.37. The van der Waals surface area contributed by atoms with Crippen molar-refractivity contribution < 1.29 is 9.13 Å². The van der Waals surface area contributed by atoms with Crippen LogP contribution in [0.2, 0.25) is 0 Å². The van der Waals surface area contributed by atoms with Crippen molar-refractivity contribution in [2.24, 2.45) is 5.73 Å². The van der Waals surface area contributed by atoms with E-state index in [1.807, 2.05) is 0 Å². The number of pyridine rings is 1. The fourth-order valence-electron chi connectivity index (χ4n) is 1.47. The summed E-state index contributed by atoms with van der Waals surface area (Å²) in [5.74, 6) is 0.990. The highest BCUT2D eigenvalue weighted by atomic mass is 19.1. The summed E-state index contributed by atoms with van der Waals surface area (Å²) in [6.07, 6.45) is 3.29. The Hall–Kier alpha value is -1.94. The van der Waals surface area contributed by atoms with Crippen LogP contribution >= 0.6 is 0 Å². The molecule has 88 valence electrons. The maximum atomic E-state index is 13.1. The Bertz CT molecular complexity index is 529. The smallest absolute Gasteiger partial charge is 0.134 e. The first-order chi connectivity index (χ1) is 8.20. The summed E-state index contributed by atoms with van der Waals surface area (Å²) >= 11 is 0. The van der Waals surface area contributed by atoms with Gasteiger partial charge >= 0.3 is 0 Å². The molecule has 3 nitrogen and oxygen atoms in total. The molecule has 1 aromatic heterocycles. The molecule has 0 aliphatic carbocycles. The van der Waals surface area contributed by atoms with Crippen molar-refractivity contribution in [3.8, 4) is 11.5 Å². The van der Waals surface area contributed by atoms with Crippen LogP contribution in [0.4, 0.5) is 4.39 Å². The minimum Gasteiger partial charge on any atom is -0.457 e. The zero-order valence-corrected chi connectivity index (χ0v) is 9.48. The van der Waals surface area contributed by atoms with Gasteiger partial charge in [-0.05, 0) is 36.8 Å². The highest BCUT2D eigenvalue weighted by Gasteiger charge is 2.05. The summed E-state index contributed by atoms with van der Waals surface area (Å²) in [7, 11) is 0. The lowest BCUT2D eigenvalue weighted by Gasteiger charge is -2.09. The number of hydrogen-bond acceptors (Lipinski definition) is 3. The maximum absolute atomic E-state index is 13.1. The molecular formula is C13H13FN2O. The minimum absolute atomic E-state index is 0.244. The van der Waals surface area contributed by atoms with E-state index in [4.69, 9.17) is 10.5 Å². The third-order valence-corrected chi connectivity index (χ3v) is 2.44. The molecule has 0 atom stereocenters. The van der Waals surface area contributed by atoms with E-state index in [-0.39, 0.29) is 5.82 Å². The van der Waals surface area contributed by atoms with Crippen LogP contribution in [-0.2, 0) is 6.54 Å². The van der Waals surface area contributed by atoms with Crippen LogP contribution in [0.5, 0.6) is 11.5 Å². The van der Waals surface area contributed by atoms with Crippen molar-refractivity contribution >= 4 is 0 Å². The first kappa shape index (κ1) is 11.5. The number of halogens is 1. The Morgan fingerprint density at radius 1 is 1.35 bits per heavy atom. The van der Waals surface area contributed by atoms with Crippen LogP contribution in [0.25, 0.3) is 0 Å². The van der Waals surface area contributed by atoms with Crippen molar-refractivity contribution in [2.45, 2.75) is 13.5 Å². The molecule has 17 heavy (non-hydrogen) atoms. The SMILES string of the molecule is Cc1cc(Oc2ccncc2CN)ccc1F. The van der Waals surface area contributed by atoms with Crippen LogP contribution in [0.3, 0.4) is 0 Å². The molecule has 0 bridgehead atoms. The first-order valence-corrected chi connectivity index (χ1v) is 5.27. The van der Waals surface area contributed by atoms with Gasteiger partial charge in [0.25, 0.3) is 0 Å². The van der Waals surface area contributed by atoms with Gasteiger partial charge in [0.15, 0.2) is 0 Å². The van der Waals surface area contributed by atoms with Crippen molar-refractivity contribution in [1.29, 1.82) is 0 Å². The lowest BCUT2D eigenvalue weighted by molar-refractivity contribution is 0.472. The molecule has 2 N–H and O–H groups in total. The fourth-order valence-corrected chi connectivity index (χ4v) is 1.47. The van der Waals surface area contributed by atoms with Gasteiger partial charge in [0, 0.05) is 24.5 Å². The number of aryl methyl sites for hydroxylation is 1. The van der Waals surface area contributed by atoms with Crippen molar-refractivity contribution in [2.75, 3.05) is 0 Å². The topological polar surface area (TPSA) is 48.1 Å². The fraction of sp³-hybridized carbons (Fsp3) is 0.154. The van der Waals surface area contributed by atoms with E-state index in [1.165, 1.54) is 6.07 Å². The Morgan fingerprint density at radius 3 is 2.88 bits per heavy atom. The van der Waals surface area contributed by atoms with Gasteiger partial charge in [0.1, 0.15) is 17.3 Å². The average molecular weight is 232 g/mol. The first-order valence-electron chi connectivity index (χ1n) is 5.27. The molecule has 0 radical (unpaired) electrons. The molecule has 1 aromatic carbocycles. The molecule has 0 amide bonds. The molecule has 0 aliphatic rings. The van der Waals surface area contributed by atoms with E-state index < -0.39 is 0 Å². The number of nitrogens with two attached hydrogens (primary N) is 1. The Morgan fingerprint density at radius 2 is 2.18 bits per heavy atom. The number of rotatable bonds is 3. The monoisotopic (exact) mass is 232 g/mol. The number of nitrogens with zero attached hydrogens (tertiary/aromatic N) is 1. The lowest BCUT2D eigenvalue weighted by Crippen LogP contribution is -2.00. The van der Waals surface area contributed by atoms with Crippen LogP contribution in [0, 0.1) is 12.7 Å². The molecular weight excluding hydrogens is 219 g/mol. The van der Waals surface area contributed by atoms with E-state index in [9.17, 15) is 4.39 Å². The zero-order valence-electron chi connectivity index (χ0n) is 9.48. The van der Waals surface area contributed by atoms with Crippen LogP contribution in [0.15, 0.2) is 36.7 Å². The maximum Gasteiger partial charge on any atom is 0.134 e. The van der Waals surface area contributed by atoms with E-state index >= 15 is 0 Å². The average Bonchev–Trinajstić information content (AvgIpc) is 2.34. The van der Waals surface area contributed by atoms with Crippen LogP contribution in [-0.4, -0.2) is 4.98 Å².